The third kappa shape index (κ3) is 4.24. The molecular weight excluding hydrogens is 335 g/mol. The summed E-state index contributed by atoms with van der Waals surface area (Å²) in [7, 11) is 4.02. The molecule has 130 valence electrons. The lowest BCUT2D eigenvalue weighted by Gasteiger charge is -2.24. The van der Waals surface area contributed by atoms with Crippen molar-refractivity contribution in [3.63, 3.8) is 0 Å². The number of hydrogen-bond acceptors (Lipinski definition) is 3. The molecule has 5 heteroatoms. The molecule has 0 aliphatic carbocycles. The molecule has 0 saturated carbocycles. The van der Waals surface area contributed by atoms with Gasteiger partial charge in [-0.25, -0.2) is 4.39 Å². The Morgan fingerprint density at radius 1 is 1.16 bits per heavy atom. The second-order valence-corrected chi connectivity index (χ2v) is 7.36. The highest BCUT2D eigenvalue weighted by Gasteiger charge is 2.16. The summed E-state index contributed by atoms with van der Waals surface area (Å²) < 4.78 is 14.6. The predicted octanol–water partition coefficient (Wildman–Crippen LogP) is 3.94. The van der Waals surface area contributed by atoms with Gasteiger partial charge in [0.15, 0.2) is 0 Å². The van der Waals surface area contributed by atoms with E-state index in [1.165, 1.54) is 23.0 Å². The van der Waals surface area contributed by atoms with Crippen LogP contribution < -0.4 is 5.32 Å². The molecule has 0 aliphatic heterocycles. The largest absolute Gasteiger partial charge is 0.350 e. The van der Waals surface area contributed by atoms with Crippen LogP contribution >= 0.6 is 11.3 Å². The van der Waals surface area contributed by atoms with E-state index in [0.717, 1.165) is 11.1 Å². The Morgan fingerprint density at radius 2 is 1.92 bits per heavy atom. The van der Waals surface area contributed by atoms with Crippen molar-refractivity contribution in [1.29, 1.82) is 0 Å². The minimum Gasteiger partial charge on any atom is -0.350 e. The van der Waals surface area contributed by atoms with Crippen molar-refractivity contribution in [2.45, 2.75) is 12.5 Å². The van der Waals surface area contributed by atoms with Gasteiger partial charge in [0.05, 0.1) is 4.88 Å². The van der Waals surface area contributed by atoms with E-state index in [1.54, 1.807) is 12.1 Å². The van der Waals surface area contributed by atoms with Crippen LogP contribution in [0.15, 0.2) is 54.6 Å². The quantitative estimate of drug-likeness (QED) is 0.725. The van der Waals surface area contributed by atoms with Crippen LogP contribution in [0.4, 0.5) is 4.39 Å². The zero-order chi connectivity index (χ0) is 17.8. The Hall–Kier alpha value is -2.24. The monoisotopic (exact) mass is 356 g/mol. The van der Waals surface area contributed by atoms with E-state index in [2.05, 4.69) is 22.3 Å². The van der Waals surface area contributed by atoms with Gasteiger partial charge in [-0.2, -0.15) is 0 Å². The van der Waals surface area contributed by atoms with E-state index < -0.39 is 0 Å². The van der Waals surface area contributed by atoms with E-state index in [4.69, 9.17) is 0 Å². The Morgan fingerprint density at radius 3 is 2.60 bits per heavy atom. The molecule has 1 N–H and O–H groups in total. The number of nitrogens with one attached hydrogen (secondary N) is 1. The topological polar surface area (TPSA) is 32.3 Å². The zero-order valence-corrected chi connectivity index (χ0v) is 15.1. The lowest BCUT2D eigenvalue weighted by Crippen LogP contribution is -2.41. The third-order valence-corrected chi connectivity index (χ3v) is 5.37. The van der Waals surface area contributed by atoms with Gasteiger partial charge in [-0.1, -0.05) is 36.4 Å². The number of hydrogen-bond donors (Lipinski definition) is 1. The molecule has 25 heavy (non-hydrogen) atoms. The maximum atomic E-state index is 13.8. The normalized spacial score (nSPS) is 12.5. The predicted molar refractivity (Wildman–Crippen MR) is 102 cm³/mol. The summed E-state index contributed by atoms with van der Waals surface area (Å²) in [5.74, 6) is -0.441. The molecule has 0 bridgehead atoms. The fourth-order valence-corrected chi connectivity index (χ4v) is 3.75. The summed E-state index contributed by atoms with van der Waals surface area (Å²) >= 11 is 1.32. The summed E-state index contributed by atoms with van der Waals surface area (Å²) in [6.07, 6.45) is 0.856. The van der Waals surface area contributed by atoms with Gasteiger partial charge in [-0.15, -0.1) is 11.3 Å². The second-order valence-electron chi connectivity index (χ2n) is 6.28. The molecule has 1 atom stereocenters. The summed E-state index contributed by atoms with van der Waals surface area (Å²) in [5.41, 5.74) is 1.24. The van der Waals surface area contributed by atoms with E-state index in [-0.39, 0.29) is 17.8 Å². The Balaban J connectivity index is 1.67. The average molecular weight is 356 g/mol. The van der Waals surface area contributed by atoms with E-state index in [0.29, 0.717) is 16.8 Å². The number of halogens is 1. The molecule has 0 aliphatic rings. The lowest BCUT2D eigenvalue weighted by molar-refractivity contribution is 0.0946. The lowest BCUT2D eigenvalue weighted by atomic mass is 10.1. The van der Waals surface area contributed by atoms with E-state index in [9.17, 15) is 9.18 Å². The number of likely N-dealkylation sites (N-methyl/N-ethyl adjacent to an activating group) is 1. The van der Waals surface area contributed by atoms with Gasteiger partial charge in [-0.05, 0) is 44.3 Å². The number of carbonyl (C=O) groups excluding carboxylic acids is 1. The first kappa shape index (κ1) is 17.6. The number of nitrogens with zero attached hydrogens (tertiary/aromatic N) is 1. The van der Waals surface area contributed by atoms with Gasteiger partial charge >= 0.3 is 0 Å². The zero-order valence-electron chi connectivity index (χ0n) is 14.3. The number of fused-ring (bicyclic) bond motifs is 1. The van der Waals surface area contributed by atoms with Crippen molar-refractivity contribution in [3.8, 4) is 0 Å². The minimum atomic E-state index is -0.289. The average Bonchev–Trinajstić information content (AvgIpc) is 3.05. The molecule has 0 radical (unpaired) electrons. The smallest absolute Gasteiger partial charge is 0.261 e. The van der Waals surface area contributed by atoms with Crippen molar-refractivity contribution in [1.82, 2.24) is 10.2 Å². The number of carbonyl (C=O) groups is 1. The van der Waals surface area contributed by atoms with Crippen LogP contribution in [0.2, 0.25) is 0 Å². The molecule has 1 aromatic heterocycles. The van der Waals surface area contributed by atoms with Crippen molar-refractivity contribution >= 4 is 27.3 Å². The maximum Gasteiger partial charge on any atom is 0.261 e. The Labute approximate surface area is 151 Å². The molecule has 0 spiro atoms. The molecular formula is C20H21FN2OS. The van der Waals surface area contributed by atoms with Crippen LogP contribution in [-0.2, 0) is 6.42 Å². The SMILES string of the molecule is CN(C)C(CNC(=O)c1cc2c(F)cccc2s1)Cc1ccccc1. The highest BCUT2D eigenvalue weighted by atomic mass is 32.1. The molecule has 0 saturated heterocycles. The summed E-state index contributed by atoms with van der Waals surface area (Å²) in [6, 6.07) is 17.0. The van der Waals surface area contributed by atoms with Crippen LogP contribution in [0.5, 0.6) is 0 Å². The fourth-order valence-electron chi connectivity index (χ4n) is 2.76. The van der Waals surface area contributed by atoms with Crippen molar-refractivity contribution in [3.05, 3.63) is 70.9 Å². The Bertz CT molecular complexity index is 861. The Kier molecular flexibility index (Phi) is 5.46. The standard InChI is InChI=1S/C20H21FN2OS/c1-23(2)15(11-14-7-4-3-5-8-14)13-22-20(24)19-12-16-17(21)9-6-10-18(16)25-19/h3-10,12,15H,11,13H2,1-2H3,(H,22,24). The second kappa shape index (κ2) is 7.76. The molecule has 1 amide bonds. The number of rotatable bonds is 6. The molecule has 0 fully saturated rings. The van der Waals surface area contributed by atoms with Crippen LogP contribution in [0.3, 0.4) is 0 Å². The highest BCUT2D eigenvalue weighted by Crippen LogP contribution is 2.27. The van der Waals surface area contributed by atoms with Crippen LogP contribution in [0.25, 0.3) is 10.1 Å². The first-order valence-electron chi connectivity index (χ1n) is 8.21. The van der Waals surface area contributed by atoms with Gasteiger partial charge in [0.2, 0.25) is 0 Å². The summed E-state index contributed by atoms with van der Waals surface area (Å²) in [4.78, 5) is 15.1. The maximum absolute atomic E-state index is 13.8. The van der Waals surface area contributed by atoms with Gasteiger partial charge in [0.25, 0.3) is 5.91 Å². The van der Waals surface area contributed by atoms with Crippen LogP contribution in [0.1, 0.15) is 15.2 Å². The number of benzene rings is 2. The van der Waals surface area contributed by atoms with Crippen molar-refractivity contribution in [2.24, 2.45) is 0 Å². The molecule has 3 aromatic rings. The van der Waals surface area contributed by atoms with Gasteiger partial charge in [0, 0.05) is 22.7 Å². The van der Waals surface area contributed by atoms with Crippen molar-refractivity contribution in [2.75, 3.05) is 20.6 Å². The molecule has 1 unspecified atom stereocenters. The molecule has 2 aromatic carbocycles. The van der Waals surface area contributed by atoms with E-state index in [1.807, 2.05) is 38.4 Å². The van der Waals surface area contributed by atoms with Crippen molar-refractivity contribution < 1.29 is 9.18 Å². The fraction of sp³-hybridized carbons (Fsp3) is 0.250. The van der Waals surface area contributed by atoms with Gasteiger partial charge < -0.3 is 10.2 Å². The summed E-state index contributed by atoms with van der Waals surface area (Å²) in [5, 5.41) is 3.49. The molecule has 3 rings (SSSR count). The van der Waals surface area contributed by atoms with Crippen LogP contribution in [-0.4, -0.2) is 37.5 Å². The first-order chi connectivity index (χ1) is 12.0. The molecule has 1 heterocycles. The molecule has 3 nitrogen and oxygen atoms in total. The number of amides is 1. The van der Waals surface area contributed by atoms with Gasteiger partial charge in [0.1, 0.15) is 5.82 Å². The summed E-state index contributed by atoms with van der Waals surface area (Å²) in [6.45, 7) is 0.539. The first-order valence-corrected chi connectivity index (χ1v) is 9.03. The number of thiophene rings is 1. The van der Waals surface area contributed by atoms with Crippen LogP contribution in [0, 0.1) is 5.82 Å². The van der Waals surface area contributed by atoms with Gasteiger partial charge in [-0.3, -0.25) is 4.79 Å². The highest BCUT2D eigenvalue weighted by molar-refractivity contribution is 7.20. The van der Waals surface area contributed by atoms with E-state index >= 15 is 0 Å². The third-order valence-electron chi connectivity index (χ3n) is 4.27. The minimum absolute atomic E-state index is 0.152.